The Kier molecular flexibility index (Phi) is 6.67. The Morgan fingerprint density at radius 2 is 1.73 bits per heavy atom. The van der Waals surface area contributed by atoms with Gasteiger partial charge in [-0.1, -0.05) is 58.5 Å². The van der Waals surface area contributed by atoms with Gasteiger partial charge in [0.05, 0.1) is 35.0 Å². The number of carbonyl (C=O) groups excluding carboxylic acids is 1. The smallest absolute Gasteiger partial charge is 0.238 e. The maximum Gasteiger partial charge on any atom is 0.238 e. The summed E-state index contributed by atoms with van der Waals surface area (Å²) in [5, 5.41) is 4.45. The molecule has 0 aliphatic carbocycles. The lowest BCUT2D eigenvalue weighted by atomic mass is 10.1. The van der Waals surface area contributed by atoms with Crippen molar-refractivity contribution in [3.05, 3.63) is 62.1 Å². The standard InChI is InChI=1S/C18H16Cl4N2O2/c19-12-3-1-11(2-4-12)16-9-24(5-6-26-16)10-17(25)23-18-14(21)7-13(20)8-15(18)22/h1-4,7-8,16H,5-6,9-10H2,(H,23,25). The molecule has 26 heavy (non-hydrogen) atoms. The van der Waals surface area contributed by atoms with E-state index in [9.17, 15) is 4.79 Å². The molecule has 1 aliphatic heterocycles. The summed E-state index contributed by atoms with van der Waals surface area (Å²) in [6, 6.07) is 10.6. The van der Waals surface area contributed by atoms with Crippen molar-refractivity contribution in [2.24, 2.45) is 0 Å². The highest BCUT2D eigenvalue weighted by Gasteiger charge is 2.24. The molecule has 8 heteroatoms. The van der Waals surface area contributed by atoms with E-state index in [4.69, 9.17) is 51.1 Å². The van der Waals surface area contributed by atoms with Crippen LogP contribution in [0, 0.1) is 0 Å². The number of benzene rings is 2. The maximum absolute atomic E-state index is 12.4. The van der Waals surface area contributed by atoms with Gasteiger partial charge in [-0.25, -0.2) is 0 Å². The molecular weight excluding hydrogens is 418 g/mol. The van der Waals surface area contributed by atoms with E-state index in [1.165, 1.54) is 12.1 Å². The first kappa shape index (κ1) is 19.7. The lowest BCUT2D eigenvalue weighted by molar-refractivity contribution is -0.119. The van der Waals surface area contributed by atoms with Crippen molar-refractivity contribution in [3.8, 4) is 0 Å². The topological polar surface area (TPSA) is 41.6 Å². The van der Waals surface area contributed by atoms with Crippen LogP contribution in [0.2, 0.25) is 20.1 Å². The third kappa shape index (κ3) is 5.03. The van der Waals surface area contributed by atoms with E-state index in [1.807, 2.05) is 29.2 Å². The van der Waals surface area contributed by atoms with Gasteiger partial charge in [0, 0.05) is 23.1 Å². The third-order valence-corrected chi connectivity index (χ3v) is 5.10. The fourth-order valence-corrected chi connectivity index (χ4v) is 3.81. The molecule has 0 spiro atoms. The van der Waals surface area contributed by atoms with Crippen LogP contribution < -0.4 is 5.32 Å². The highest BCUT2D eigenvalue weighted by Crippen LogP contribution is 2.33. The molecule has 2 aromatic rings. The van der Waals surface area contributed by atoms with Gasteiger partial charge >= 0.3 is 0 Å². The fourth-order valence-electron chi connectivity index (χ4n) is 2.77. The number of nitrogens with one attached hydrogen (secondary N) is 1. The monoisotopic (exact) mass is 432 g/mol. The number of halogens is 4. The molecule has 2 aromatic carbocycles. The number of carbonyl (C=O) groups is 1. The molecule has 1 aliphatic rings. The molecule has 138 valence electrons. The first-order chi connectivity index (χ1) is 12.4. The van der Waals surface area contributed by atoms with Crippen molar-refractivity contribution in [3.63, 3.8) is 0 Å². The summed E-state index contributed by atoms with van der Waals surface area (Å²) in [7, 11) is 0. The molecule has 1 saturated heterocycles. The van der Waals surface area contributed by atoms with E-state index in [0.29, 0.717) is 45.5 Å². The molecule has 0 aromatic heterocycles. The van der Waals surface area contributed by atoms with Gasteiger partial charge in [-0.2, -0.15) is 0 Å². The molecule has 1 amide bonds. The minimum Gasteiger partial charge on any atom is -0.371 e. The van der Waals surface area contributed by atoms with Crippen molar-refractivity contribution in [2.75, 3.05) is 31.6 Å². The quantitative estimate of drug-likeness (QED) is 0.709. The zero-order chi connectivity index (χ0) is 18.7. The van der Waals surface area contributed by atoms with Crippen LogP contribution in [0.5, 0.6) is 0 Å². The van der Waals surface area contributed by atoms with Crippen LogP contribution in [0.25, 0.3) is 0 Å². The van der Waals surface area contributed by atoms with Crippen molar-refractivity contribution in [1.82, 2.24) is 4.90 Å². The van der Waals surface area contributed by atoms with Crippen LogP contribution in [0.4, 0.5) is 5.69 Å². The lowest BCUT2D eigenvalue weighted by Gasteiger charge is -2.32. The Morgan fingerprint density at radius 1 is 1.08 bits per heavy atom. The Morgan fingerprint density at radius 3 is 2.38 bits per heavy atom. The van der Waals surface area contributed by atoms with Crippen LogP contribution in [0.1, 0.15) is 11.7 Å². The largest absolute Gasteiger partial charge is 0.371 e. The van der Waals surface area contributed by atoms with Crippen LogP contribution in [-0.2, 0) is 9.53 Å². The highest BCUT2D eigenvalue weighted by atomic mass is 35.5. The van der Waals surface area contributed by atoms with Gasteiger partial charge in [0.2, 0.25) is 5.91 Å². The van der Waals surface area contributed by atoms with Crippen molar-refractivity contribution in [2.45, 2.75) is 6.10 Å². The second-order valence-corrected chi connectivity index (χ2v) is 7.63. The number of nitrogens with zero attached hydrogens (tertiary/aromatic N) is 1. The first-order valence-corrected chi connectivity index (χ1v) is 9.47. The van der Waals surface area contributed by atoms with Gasteiger partial charge in [0.1, 0.15) is 0 Å². The number of hydrogen-bond acceptors (Lipinski definition) is 3. The van der Waals surface area contributed by atoms with Crippen LogP contribution in [-0.4, -0.2) is 37.0 Å². The molecule has 0 bridgehead atoms. The molecule has 0 saturated carbocycles. The summed E-state index contributed by atoms with van der Waals surface area (Å²) in [5.41, 5.74) is 1.40. The summed E-state index contributed by atoms with van der Waals surface area (Å²) >= 11 is 24.0. The van der Waals surface area contributed by atoms with Crippen LogP contribution in [0.15, 0.2) is 36.4 Å². The Labute approximate surface area is 171 Å². The van der Waals surface area contributed by atoms with Crippen molar-refractivity contribution in [1.29, 1.82) is 0 Å². The summed E-state index contributed by atoms with van der Waals surface area (Å²) in [4.78, 5) is 14.4. The molecule has 1 N–H and O–H groups in total. The number of rotatable bonds is 4. The van der Waals surface area contributed by atoms with E-state index in [-0.39, 0.29) is 18.6 Å². The van der Waals surface area contributed by atoms with Gasteiger partial charge in [0.15, 0.2) is 0 Å². The predicted octanol–water partition coefficient (Wildman–Crippen LogP) is 5.31. The molecule has 1 atom stereocenters. The maximum atomic E-state index is 12.4. The normalized spacial score (nSPS) is 17.9. The van der Waals surface area contributed by atoms with E-state index in [0.717, 1.165) is 5.56 Å². The van der Waals surface area contributed by atoms with Crippen LogP contribution >= 0.6 is 46.4 Å². The van der Waals surface area contributed by atoms with Gasteiger partial charge in [-0.3, -0.25) is 9.69 Å². The number of hydrogen-bond donors (Lipinski definition) is 1. The van der Waals surface area contributed by atoms with E-state index in [2.05, 4.69) is 5.32 Å². The fraction of sp³-hybridized carbons (Fsp3) is 0.278. The molecular formula is C18H16Cl4N2O2. The Hall–Kier alpha value is -1.01. The van der Waals surface area contributed by atoms with Gasteiger partial charge in [-0.05, 0) is 29.8 Å². The van der Waals surface area contributed by atoms with Crippen molar-refractivity contribution < 1.29 is 9.53 Å². The lowest BCUT2D eigenvalue weighted by Crippen LogP contribution is -2.42. The van der Waals surface area contributed by atoms with Gasteiger partial charge in [-0.15, -0.1) is 0 Å². The zero-order valence-corrected chi connectivity index (χ0v) is 16.7. The van der Waals surface area contributed by atoms with Crippen LogP contribution in [0.3, 0.4) is 0 Å². The zero-order valence-electron chi connectivity index (χ0n) is 13.6. The highest BCUT2D eigenvalue weighted by molar-refractivity contribution is 6.42. The van der Waals surface area contributed by atoms with E-state index in [1.54, 1.807) is 0 Å². The Balaban J connectivity index is 1.61. The second kappa shape index (κ2) is 8.79. The first-order valence-electron chi connectivity index (χ1n) is 7.96. The third-order valence-electron chi connectivity index (χ3n) is 4.03. The van der Waals surface area contributed by atoms with Crippen molar-refractivity contribution >= 4 is 58.0 Å². The second-order valence-electron chi connectivity index (χ2n) is 5.94. The Bertz CT molecular complexity index is 775. The molecule has 1 unspecified atom stereocenters. The van der Waals surface area contributed by atoms with E-state index >= 15 is 0 Å². The number of amides is 1. The predicted molar refractivity (Wildman–Crippen MR) is 107 cm³/mol. The SMILES string of the molecule is O=C(CN1CCOC(c2ccc(Cl)cc2)C1)Nc1c(Cl)cc(Cl)cc1Cl. The average molecular weight is 434 g/mol. The number of morpholine rings is 1. The molecule has 1 heterocycles. The minimum absolute atomic E-state index is 0.100. The summed E-state index contributed by atoms with van der Waals surface area (Å²) in [5.74, 6) is -0.201. The number of ether oxygens (including phenoxy) is 1. The molecule has 1 fully saturated rings. The average Bonchev–Trinajstić information content (AvgIpc) is 2.59. The van der Waals surface area contributed by atoms with Gasteiger partial charge < -0.3 is 10.1 Å². The minimum atomic E-state index is -0.201. The molecule has 3 rings (SSSR count). The molecule has 0 radical (unpaired) electrons. The number of anilines is 1. The molecule has 4 nitrogen and oxygen atoms in total. The van der Waals surface area contributed by atoms with Gasteiger partial charge in [0.25, 0.3) is 0 Å². The summed E-state index contributed by atoms with van der Waals surface area (Å²) < 4.78 is 5.81. The van der Waals surface area contributed by atoms with E-state index < -0.39 is 0 Å². The summed E-state index contributed by atoms with van der Waals surface area (Å²) in [6.45, 7) is 2.03. The summed E-state index contributed by atoms with van der Waals surface area (Å²) in [6.07, 6.45) is -0.100.